The van der Waals surface area contributed by atoms with Crippen LogP contribution in [0.4, 0.5) is 0 Å². The molecule has 2 heterocycles. The Hall–Kier alpha value is -2.29. The zero-order valence-electron chi connectivity index (χ0n) is 16.2. The fourth-order valence-electron chi connectivity index (χ4n) is 2.74. The number of carbonyl (C=O) groups is 1. The van der Waals surface area contributed by atoms with Gasteiger partial charge in [0.2, 0.25) is 5.91 Å². The van der Waals surface area contributed by atoms with Gasteiger partial charge in [-0.05, 0) is 58.9 Å². The van der Waals surface area contributed by atoms with Crippen LogP contribution in [0.5, 0.6) is 0 Å². The number of hydrogen-bond acceptors (Lipinski definition) is 4. The number of carbonyl (C=O) groups excluding carboxylic acids is 1. The van der Waals surface area contributed by atoms with Crippen LogP contribution in [0.1, 0.15) is 36.8 Å². The predicted molar refractivity (Wildman–Crippen MR) is 109 cm³/mol. The summed E-state index contributed by atoms with van der Waals surface area (Å²) in [6, 6.07) is 9.52. The number of halogens is 1. The van der Waals surface area contributed by atoms with Crippen molar-refractivity contribution >= 4 is 21.8 Å². The molecule has 3 N–H and O–H groups in total. The minimum Gasteiger partial charge on any atom is -0.374 e. The fourth-order valence-corrected chi connectivity index (χ4v) is 3.05. The number of ether oxygens (including phenoxy) is 1. The Bertz CT molecular complexity index is 980. The van der Waals surface area contributed by atoms with Gasteiger partial charge >= 0.3 is 6.33 Å². The van der Waals surface area contributed by atoms with Crippen LogP contribution in [0.3, 0.4) is 0 Å². The van der Waals surface area contributed by atoms with Gasteiger partial charge in [-0.3, -0.25) is 4.79 Å². The number of fused-ring (bicyclic) bond motifs is 1. The Kier molecular flexibility index (Phi) is 6.12. The van der Waals surface area contributed by atoms with Gasteiger partial charge in [-0.2, -0.15) is 0 Å². The van der Waals surface area contributed by atoms with Crippen LogP contribution in [0.25, 0.3) is 0 Å². The standard InChI is InChI=1S/C20H24BrN5O2/c1-14-6-4-5-7-15(14)11-28-12-17(24-19(27)20(2,3)22)18-23-13-25-9-8-16(21)10-26(18)25/h4-10,13,17H,11-12,22H2,1-3H3/p+1/t17-/m1/s1. The van der Waals surface area contributed by atoms with Gasteiger partial charge in [0, 0.05) is 4.47 Å². The van der Waals surface area contributed by atoms with Gasteiger partial charge < -0.3 is 15.8 Å². The molecule has 0 fully saturated rings. The average molecular weight is 447 g/mol. The highest BCUT2D eigenvalue weighted by molar-refractivity contribution is 9.10. The van der Waals surface area contributed by atoms with Gasteiger partial charge in [0.25, 0.3) is 5.82 Å². The zero-order chi connectivity index (χ0) is 20.3. The Labute approximate surface area is 172 Å². The lowest BCUT2D eigenvalue weighted by atomic mass is 10.1. The van der Waals surface area contributed by atoms with E-state index in [1.54, 1.807) is 20.2 Å². The molecule has 3 aromatic rings. The molecule has 2 aromatic heterocycles. The first-order chi connectivity index (χ1) is 13.3. The number of nitrogens with one attached hydrogen (secondary N) is 1. The van der Waals surface area contributed by atoms with E-state index in [1.807, 2.05) is 58.7 Å². The molecule has 0 saturated heterocycles. The topological polar surface area (TPSA) is 85.7 Å². The highest BCUT2D eigenvalue weighted by Crippen LogP contribution is 2.15. The van der Waals surface area contributed by atoms with Gasteiger partial charge in [-0.1, -0.05) is 24.3 Å². The summed E-state index contributed by atoms with van der Waals surface area (Å²) in [6.07, 6.45) is 5.45. The van der Waals surface area contributed by atoms with E-state index in [0.29, 0.717) is 12.4 Å². The third-order valence-electron chi connectivity index (χ3n) is 4.43. The largest absolute Gasteiger partial charge is 0.374 e. The third kappa shape index (κ3) is 4.76. The molecule has 0 aliphatic carbocycles. The smallest absolute Gasteiger partial charge is 0.312 e. The van der Waals surface area contributed by atoms with Crippen LogP contribution in [0, 0.1) is 6.92 Å². The van der Waals surface area contributed by atoms with E-state index >= 15 is 0 Å². The van der Waals surface area contributed by atoms with E-state index in [2.05, 4.69) is 26.2 Å². The monoisotopic (exact) mass is 446 g/mol. The molecule has 1 amide bonds. The van der Waals surface area contributed by atoms with E-state index < -0.39 is 11.6 Å². The van der Waals surface area contributed by atoms with E-state index in [0.717, 1.165) is 15.6 Å². The SMILES string of the molecule is Cc1ccccc1COC[C@@H](NC(=O)C(C)(C)N)c1nc[n+]2ccc(Br)cn12. The van der Waals surface area contributed by atoms with Gasteiger partial charge in [0.05, 0.1) is 24.9 Å². The van der Waals surface area contributed by atoms with Crippen LogP contribution >= 0.6 is 15.9 Å². The van der Waals surface area contributed by atoms with Gasteiger partial charge in [0.1, 0.15) is 12.2 Å². The molecule has 148 valence electrons. The lowest BCUT2D eigenvalue weighted by Crippen LogP contribution is -2.51. The summed E-state index contributed by atoms with van der Waals surface area (Å²) in [5, 5.41) is 2.97. The summed E-state index contributed by atoms with van der Waals surface area (Å²) in [5.41, 5.74) is 7.23. The second-order valence-electron chi connectivity index (χ2n) is 7.35. The first-order valence-electron chi connectivity index (χ1n) is 9.02. The van der Waals surface area contributed by atoms with Crippen molar-refractivity contribution in [3.63, 3.8) is 0 Å². The number of aryl methyl sites for hydroxylation is 1. The van der Waals surface area contributed by atoms with Crippen molar-refractivity contribution < 1.29 is 14.0 Å². The van der Waals surface area contributed by atoms with Crippen molar-refractivity contribution in [1.29, 1.82) is 0 Å². The lowest BCUT2D eigenvalue weighted by Gasteiger charge is -2.22. The molecule has 3 rings (SSSR count). The van der Waals surface area contributed by atoms with Crippen LogP contribution < -0.4 is 15.6 Å². The van der Waals surface area contributed by atoms with Gasteiger partial charge in [0.15, 0.2) is 0 Å². The zero-order valence-corrected chi connectivity index (χ0v) is 17.8. The van der Waals surface area contributed by atoms with Crippen LogP contribution in [0.15, 0.2) is 53.5 Å². The Morgan fingerprint density at radius 2 is 2.14 bits per heavy atom. The molecule has 0 aliphatic rings. The van der Waals surface area contributed by atoms with E-state index in [9.17, 15) is 4.79 Å². The minimum atomic E-state index is -1.00. The summed E-state index contributed by atoms with van der Waals surface area (Å²) in [5.74, 6) is 0.387. The first kappa shape index (κ1) is 20.4. The van der Waals surface area contributed by atoms with Gasteiger partial charge in [-0.25, -0.2) is 0 Å². The molecule has 0 unspecified atom stereocenters. The van der Waals surface area contributed by atoms with Crippen molar-refractivity contribution in [2.45, 2.75) is 39.0 Å². The molecule has 0 saturated carbocycles. The minimum absolute atomic E-state index is 0.266. The molecule has 1 aromatic carbocycles. The first-order valence-corrected chi connectivity index (χ1v) is 9.81. The van der Waals surface area contributed by atoms with Crippen molar-refractivity contribution in [3.8, 4) is 0 Å². The van der Waals surface area contributed by atoms with E-state index in [-0.39, 0.29) is 12.5 Å². The number of nitrogens with two attached hydrogens (primary N) is 1. The average Bonchev–Trinajstić information content (AvgIpc) is 3.04. The fraction of sp³-hybridized carbons (Fsp3) is 0.350. The van der Waals surface area contributed by atoms with Crippen molar-refractivity contribution in [2.24, 2.45) is 5.73 Å². The van der Waals surface area contributed by atoms with Crippen LogP contribution in [-0.4, -0.2) is 27.6 Å². The molecule has 7 nitrogen and oxygen atoms in total. The molecule has 0 radical (unpaired) electrons. The molecule has 0 aliphatic heterocycles. The molecular formula is C20H25BrN5O2+. The molecule has 8 heteroatoms. The number of aromatic nitrogens is 3. The van der Waals surface area contributed by atoms with E-state index in [4.69, 9.17) is 10.5 Å². The lowest BCUT2D eigenvalue weighted by molar-refractivity contribution is -0.619. The normalized spacial score (nSPS) is 12.9. The highest BCUT2D eigenvalue weighted by atomic mass is 79.9. The number of benzene rings is 1. The molecular weight excluding hydrogens is 422 g/mol. The summed E-state index contributed by atoms with van der Waals surface area (Å²) in [4.78, 5) is 17.0. The Balaban J connectivity index is 1.83. The maximum Gasteiger partial charge on any atom is 0.312 e. The Morgan fingerprint density at radius 1 is 1.39 bits per heavy atom. The summed E-state index contributed by atoms with van der Waals surface area (Å²) in [7, 11) is 0. The molecule has 0 bridgehead atoms. The summed E-state index contributed by atoms with van der Waals surface area (Å²) in [6.45, 7) is 6.10. The van der Waals surface area contributed by atoms with Crippen molar-refractivity contribution in [3.05, 3.63) is 70.5 Å². The van der Waals surface area contributed by atoms with Crippen LogP contribution in [-0.2, 0) is 16.1 Å². The maximum atomic E-state index is 12.5. The Morgan fingerprint density at radius 3 is 2.86 bits per heavy atom. The second kappa shape index (κ2) is 8.38. The van der Waals surface area contributed by atoms with Crippen LogP contribution in [0.2, 0.25) is 0 Å². The molecule has 0 spiro atoms. The maximum absolute atomic E-state index is 12.5. The number of hydrogen-bond donors (Lipinski definition) is 2. The van der Waals surface area contributed by atoms with Gasteiger partial charge in [-0.15, -0.1) is 9.03 Å². The quantitative estimate of drug-likeness (QED) is 0.544. The number of rotatable bonds is 7. The highest BCUT2D eigenvalue weighted by Gasteiger charge is 2.30. The molecule has 1 atom stereocenters. The molecule has 28 heavy (non-hydrogen) atoms. The summed E-state index contributed by atoms with van der Waals surface area (Å²) >= 11 is 3.47. The third-order valence-corrected chi connectivity index (χ3v) is 4.90. The number of nitrogens with zero attached hydrogens (tertiary/aromatic N) is 3. The van der Waals surface area contributed by atoms with Crippen molar-refractivity contribution in [1.82, 2.24) is 14.8 Å². The second-order valence-corrected chi connectivity index (χ2v) is 8.26. The predicted octanol–water partition coefficient (Wildman–Crippen LogP) is 2.10. The summed E-state index contributed by atoms with van der Waals surface area (Å²) < 4.78 is 10.5. The number of amides is 1. The van der Waals surface area contributed by atoms with Crippen molar-refractivity contribution in [2.75, 3.05) is 6.61 Å². The van der Waals surface area contributed by atoms with E-state index in [1.165, 1.54) is 0 Å².